The molecule has 0 spiro atoms. The number of aromatic nitrogens is 2. The first kappa shape index (κ1) is 14.1. The van der Waals surface area contributed by atoms with Gasteiger partial charge in [-0.2, -0.15) is 5.10 Å². The first-order chi connectivity index (χ1) is 11.3. The maximum Gasteiger partial charge on any atom is 0.272 e. The van der Waals surface area contributed by atoms with Crippen molar-refractivity contribution in [3.63, 3.8) is 0 Å². The van der Waals surface area contributed by atoms with E-state index in [4.69, 9.17) is 4.74 Å². The van der Waals surface area contributed by atoms with Gasteiger partial charge in [0.15, 0.2) is 0 Å². The molecule has 23 heavy (non-hydrogen) atoms. The Bertz CT molecular complexity index is 765. The summed E-state index contributed by atoms with van der Waals surface area (Å²) in [4.78, 5) is 14.8. The van der Waals surface area contributed by atoms with Crippen LogP contribution in [-0.2, 0) is 0 Å². The second kappa shape index (κ2) is 5.57. The van der Waals surface area contributed by atoms with E-state index in [1.54, 1.807) is 7.11 Å². The molecule has 5 heteroatoms. The van der Waals surface area contributed by atoms with Crippen LogP contribution in [-0.4, -0.2) is 40.2 Å². The van der Waals surface area contributed by atoms with E-state index in [-0.39, 0.29) is 11.9 Å². The van der Waals surface area contributed by atoms with Crippen molar-refractivity contribution in [1.82, 2.24) is 15.1 Å². The number of benzene rings is 1. The van der Waals surface area contributed by atoms with E-state index in [1.165, 1.54) is 0 Å². The number of H-pyrrole nitrogens is 1. The number of hydrogen-bond acceptors (Lipinski definition) is 3. The molecule has 2 atom stereocenters. The summed E-state index contributed by atoms with van der Waals surface area (Å²) in [6, 6.07) is 10.1. The van der Waals surface area contributed by atoms with Crippen molar-refractivity contribution in [2.45, 2.75) is 31.3 Å². The monoisotopic (exact) mass is 309 g/mol. The first-order valence-electron chi connectivity index (χ1n) is 7.96. The van der Waals surface area contributed by atoms with E-state index in [0.29, 0.717) is 11.7 Å². The van der Waals surface area contributed by atoms with Crippen LogP contribution in [0.5, 0.6) is 5.75 Å². The lowest BCUT2D eigenvalue weighted by Crippen LogP contribution is -2.42. The zero-order chi connectivity index (χ0) is 15.8. The van der Waals surface area contributed by atoms with Crippen LogP contribution in [0.4, 0.5) is 0 Å². The summed E-state index contributed by atoms with van der Waals surface area (Å²) >= 11 is 0. The van der Waals surface area contributed by atoms with Crippen molar-refractivity contribution in [2.24, 2.45) is 0 Å². The Morgan fingerprint density at radius 2 is 2.22 bits per heavy atom. The number of carbonyl (C=O) groups excluding carboxylic acids is 1. The average Bonchev–Trinajstić information content (AvgIpc) is 3.17. The van der Waals surface area contributed by atoms with Crippen LogP contribution in [0.25, 0.3) is 11.3 Å². The lowest BCUT2D eigenvalue weighted by Gasteiger charge is -2.30. The van der Waals surface area contributed by atoms with Crippen molar-refractivity contribution in [2.75, 3.05) is 7.11 Å². The number of amides is 1. The van der Waals surface area contributed by atoms with Crippen molar-refractivity contribution in [1.29, 1.82) is 0 Å². The van der Waals surface area contributed by atoms with Gasteiger partial charge in [0, 0.05) is 11.6 Å². The lowest BCUT2D eigenvalue weighted by molar-refractivity contribution is 0.0683. The Labute approximate surface area is 135 Å². The molecule has 1 aromatic carbocycles. The quantitative estimate of drug-likeness (QED) is 0.887. The summed E-state index contributed by atoms with van der Waals surface area (Å²) in [6.45, 7) is 0. The maximum atomic E-state index is 12.8. The first-order valence-corrected chi connectivity index (χ1v) is 7.96. The summed E-state index contributed by atoms with van der Waals surface area (Å²) in [6.07, 6.45) is 7.44. The number of fused-ring (bicyclic) bond motifs is 2. The van der Waals surface area contributed by atoms with Crippen LogP contribution < -0.4 is 4.74 Å². The molecule has 4 rings (SSSR count). The molecule has 0 saturated carbocycles. The highest BCUT2D eigenvalue weighted by Crippen LogP contribution is 2.33. The number of carbonyl (C=O) groups is 1. The van der Waals surface area contributed by atoms with Gasteiger partial charge in [0.05, 0.1) is 18.8 Å². The molecule has 2 bridgehead atoms. The van der Waals surface area contributed by atoms with Gasteiger partial charge in [-0.1, -0.05) is 24.3 Å². The SMILES string of the molecule is COc1ccccc1-c1cc(C(=O)N2[C@H]3CC=C[C@H]2CC3)[nH]n1. The van der Waals surface area contributed by atoms with Gasteiger partial charge in [0.1, 0.15) is 11.4 Å². The predicted molar refractivity (Wildman–Crippen MR) is 87.3 cm³/mol. The maximum absolute atomic E-state index is 12.8. The van der Waals surface area contributed by atoms with Gasteiger partial charge in [-0.3, -0.25) is 9.89 Å². The summed E-state index contributed by atoms with van der Waals surface area (Å²) in [5.41, 5.74) is 2.15. The minimum absolute atomic E-state index is 0.0375. The second-order valence-corrected chi connectivity index (χ2v) is 6.04. The van der Waals surface area contributed by atoms with Crippen molar-refractivity contribution >= 4 is 5.91 Å². The lowest BCUT2D eigenvalue weighted by atomic mass is 10.1. The van der Waals surface area contributed by atoms with Gasteiger partial charge in [-0.15, -0.1) is 0 Å². The standard InChI is InChI=1S/C18H19N3O2/c1-23-17-8-3-2-7-14(17)15-11-16(20-19-15)18(22)21-12-5-4-6-13(21)10-9-12/h2-5,7-8,11-13H,6,9-10H2,1H3,(H,19,20)/t12-,13-/m0/s1. The van der Waals surface area contributed by atoms with Crippen LogP contribution >= 0.6 is 0 Å². The zero-order valence-corrected chi connectivity index (χ0v) is 13.0. The third kappa shape index (κ3) is 2.32. The van der Waals surface area contributed by atoms with Crippen LogP contribution in [0.3, 0.4) is 0 Å². The Balaban J connectivity index is 1.63. The summed E-state index contributed by atoms with van der Waals surface area (Å²) in [5, 5.41) is 7.21. The van der Waals surface area contributed by atoms with E-state index in [1.807, 2.05) is 35.2 Å². The van der Waals surface area contributed by atoms with E-state index < -0.39 is 0 Å². The minimum Gasteiger partial charge on any atom is -0.496 e. The topological polar surface area (TPSA) is 58.2 Å². The number of aromatic amines is 1. The van der Waals surface area contributed by atoms with Crippen molar-refractivity contribution < 1.29 is 9.53 Å². The molecule has 1 fully saturated rings. The number of methoxy groups -OCH3 is 1. The molecule has 1 aromatic heterocycles. The van der Waals surface area contributed by atoms with Crippen LogP contribution in [0.1, 0.15) is 29.8 Å². The molecule has 118 valence electrons. The summed E-state index contributed by atoms with van der Waals surface area (Å²) < 4.78 is 5.37. The van der Waals surface area contributed by atoms with Gasteiger partial charge in [-0.25, -0.2) is 0 Å². The van der Waals surface area contributed by atoms with Gasteiger partial charge >= 0.3 is 0 Å². The van der Waals surface area contributed by atoms with E-state index in [9.17, 15) is 4.79 Å². The molecule has 1 amide bonds. The van der Waals surface area contributed by atoms with Crippen LogP contribution in [0, 0.1) is 0 Å². The molecule has 2 aliphatic rings. The third-order valence-corrected chi connectivity index (χ3v) is 4.74. The zero-order valence-electron chi connectivity index (χ0n) is 13.0. The number of rotatable bonds is 3. The second-order valence-electron chi connectivity index (χ2n) is 6.04. The average molecular weight is 309 g/mol. The summed E-state index contributed by atoms with van der Waals surface area (Å²) in [7, 11) is 1.63. The Morgan fingerprint density at radius 1 is 1.35 bits per heavy atom. The van der Waals surface area contributed by atoms with Crippen LogP contribution in [0.2, 0.25) is 0 Å². The van der Waals surface area contributed by atoms with Gasteiger partial charge < -0.3 is 9.64 Å². The molecule has 2 aliphatic heterocycles. The Kier molecular flexibility index (Phi) is 3.41. The van der Waals surface area contributed by atoms with E-state index in [2.05, 4.69) is 22.3 Å². The fourth-order valence-electron chi connectivity index (χ4n) is 3.61. The van der Waals surface area contributed by atoms with Gasteiger partial charge in [0.2, 0.25) is 0 Å². The molecule has 1 N–H and O–H groups in total. The normalized spacial score (nSPS) is 22.4. The predicted octanol–water partition coefficient (Wildman–Crippen LogP) is 3.02. The van der Waals surface area contributed by atoms with Crippen molar-refractivity contribution in [3.05, 3.63) is 48.2 Å². The Hall–Kier alpha value is -2.56. The highest BCUT2D eigenvalue weighted by molar-refractivity contribution is 5.94. The summed E-state index contributed by atoms with van der Waals surface area (Å²) in [5.74, 6) is 0.787. The van der Waals surface area contributed by atoms with E-state index in [0.717, 1.165) is 36.3 Å². The Morgan fingerprint density at radius 3 is 3.04 bits per heavy atom. The third-order valence-electron chi connectivity index (χ3n) is 4.74. The number of nitrogens with one attached hydrogen (secondary N) is 1. The van der Waals surface area contributed by atoms with Crippen molar-refractivity contribution in [3.8, 4) is 17.0 Å². The highest BCUT2D eigenvalue weighted by atomic mass is 16.5. The van der Waals surface area contributed by atoms with Gasteiger partial charge in [-0.05, 0) is 37.5 Å². The molecular formula is C18H19N3O2. The number of para-hydroxylation sites is 1. The number of hydrogen-bond donors (Lipinski definition) is 1. The molecule has 5 nitrogen and oxygen atoms in total. The largest absolute Gasteiger partial charge is 0.496 e. The molecule has 0 unspecified atom stereocenters. The fraction of sp³-hybridized carbons (Fsp3) is 0.333. The molecule has 0 radical (unpaired) electrons. The molecule has 0 aliphatic carbocycles. The molecule has 2 aromatic rings. The number of nitrogens with zero attached hydrogens (tertiary/aromatic N) is 2. The molecular weight excluding hydrogens is 290 g/mol. The highest BCUT2D eigenvalue weighted by Gasteiger charge is 2.38. The molecule has 1 saturated heterocycles. The fourth-order valence-corrected chi connectivity index (χ4v) is 3.61. The smallest absolute Gasteiger partial charge is 0.272 e. The van der Waals surface area contributed by atoms with Gasteiger partial charge in [0.25, 0.3) is 5.91 Å². The number of ether oxygens (including phenoxy) is 1. The van der Waals surface area contributed by atoms with Crippen LogP contribution in [0.15, 0.2) is 42.5 Å². The minimum atomic E-state index is 0.0375. The van der Waals surface area contributed by atoms with E-state index >= 15 is 0 Å². The molecule has 3 heterocycles.